The Kier molecular flexibility index (Phi) is 6.66. The molecule has 0 aliphatic carbocycles. The third-order valence-electron chi connectivity index (χ3n) is 5.24. The van der Waals surface area contributed by atoms with Crippen LogP contribution in [0.2, 0.25) is 0 Å². The van der Waals surface area contributed by atoms with Crippen LogP contribution in [0.4, 0.5) is 17.6 Å². The molecule has 5 nitrogen and oxygen atoms in total. The Morgan fingerprint density at radius 1 is 1.09 bits per heavy atom. The van der Waals surface area contributed by atoms with Gasteiger partial charge in [0.1, 0.15) is 24.0 Å². The number of pyridine rings is 1. The first-order chi connectivity index (χ1) is 16.5. The fourth-order valence-electron chi connectivity index (χ4n) is 3.55. The quantitative estimate of drug-likeness (QED) is 0.262. The molecule has 35 heavy (non-hydrogen) atoms. The van der Waals surface area contributed by atoms with E-state index in [1.807, 2.05) is 0 Å². The number of hydrogen-bond acceptors (Lipinski definition) is 3. The summed E-state index contributed by atoms with van der Waals surface area (Å²) in [6.07, 6.45) is -4.61. The van der Waals surface area contributed by atoms with Crippen LogP contribution in [0.3, 0.4) is 0 Å². The van der Waals surface area contributed by atoms with Gasteiger partial charge in [-0.2, -0.15) is 13.2 Å². The molecule has 0 spiro atoms. The minimum Gasteiger partial charge on any atom is -0.488 e. The Morgan fingerprint density at radius 2 is 1.86 bits per heavy atom. The molecule has 4 aromatic rings. The van der Waals surface area contributed by atoms with E-state index in [0.29, 0.717) is 15.9 Å². The maximum absolute atomic E-state index is 14.3. The molecule has 2 aromatic heterocycles. The third-order valence-corrected chi connectivity index (χ3v) is 5.73. The fourth-order valence-corrected chi connectivity index (χ4v) is 3.88. The van der Waals surface area contributed by atoms with Gasteiger partial charge >= 0.3 is 12.1 Å². The predicted octanol–water partition coefficient (Wildman–Crippen LogP) is 7.05. The van der Waals surface area contributed by atoms with Crippen LogP contribution in [0.5, 0.6) is 5.75 Å². The van der Waals surface area contributed by atoms with Crippen LogP contribution in [0.25, 0.3) is 17.1 Å². The van der Waals surface area contributed by atoms with E-state index < -0.39 is 23.5 Å². The van der Waals surface area contributed by atoms with Gasteiger partial charge in [0.15, 0.2) is 5.69 Å². The molecule has 0 bridgehead atoms. The number of carboxylic acid groups (broad SMARTS) is 1. The van der Waals surface area contributed by atoms with Crippen molar-refractivity contribution in [1.82, 2.24) is 9.55 Å². The summed E-state index contributed by atoms with van der Waals surface area (Å²) >= 11 is 3.17. The van der Waals surface area contributed by atoms with Gasteiger partial charge in [0, 0.05) is 21.3 Å². The molecule has 1 N–H and O–H groups in total. The summed E-state index contributed by atoms with van der Waals surface area (Å²) in [6, 6.07) is 15.0. The molecular formula is C25H17BrF4N2O3. The van der Waals surface area contributed by atoms with Gasteiger partial charge in [0.05, 0.1) is 11.3 Å². The minimum atomic E-state index is -4.61. The third kappa shape index (κ3) is 5.22. The molecule has 0 atom stereocenters. The van der Waals surface area contributed by atoms with E-state index in [0.717, 1.165) is 12.1 Å². The molecule has 0 fully saturated rings. The number of halogens is 5. The Morgan fingerprint density at radius 3 is 2.54 bits per heavy atom. The molecule has 2 heterocycles. The smallest absolute Gasteiger partial charge is 0.416 e. The molecule has 0 aliphatic heterocycles. The molecule has 2 aromatic carbocycles. The van der Waals surface area contributed by atoms with Crippen molar-refractivity contribution in [2.45, 2.75) is 19.7 Å². The van der Waals surface area contributed by atoms with Crippen LogP contribution < -0.4 is 4.74 Å². The van der Waals surface area contributed by atoms with Crippen LogP contribution in [0, 0.1) is 12.7 Å². The Bertz CT molecular complexity index is 1420. The van der Waals surface area contributed by atoms with Crippen molar-refractivity contribution in [3.05, 3.63) is 99.5 Å². The summed E-state index contributed by atoms with van der Waals surface area (Å²) in [5.74, 6) is -1.46. The highest BCUT2D eigenvalue weighted by molar-refractivity contribution is 9.10. The molecule has 0 aliphatic rings. The standard InChI is InChI=1S/C25H17BrF4N2O3/c1-14-5-9-21(32(14)23-4-2-3-20(31-23)24(33)34)18-11-16(25(28,29)30)7-10-22(18)35-13-15-6-8-17(26)12-19(15)27/h2-12H,13H2,1H3,(H,33,34). The first kappa shape index (κ1) is 24.5. The van der Waals surface area contributed by atoms with Crippen molar-refractivity contribution in [3.8, 4) is 22.8 Å². The number of aromatic carboxylic acids is 1. The van der Waals surface area contributed by atoms with Crippen LogP contribution in [0.1, 0.15) is 27.3 Å². The number of ether oxygens (including phenoxy) is 1. The number of aromatic nitrogens is 2. The van der Waals surface area contributed by atoms with Crippen molar-refractivity contribution >= 4 is 21.9 Å². The van der Waals surface area contributed by atoms with E-state index >= 15 is 0 Å². The average Bonchev–Trinajstić information content (AvgIpc) is 3.19. The Hall–Kier alpha value is -3.66. The number of aryl methyl sites for hydroxylation is 1. The van der Waals surface area contributed by atoms with E-state index in [9.17, 15) is 27.5 Å². The number of rotatable bonds is 6. The lowest BCUT2D eigenvalue weighted by molar-refractivity contribution is -0.137. The van der Waals surface area contributed by atoms with Crippen molar-refractivity contribution in [2.75, 3.05) is 0 Å². The lowest BCUT2D eigenvalue weighted by atomic mass is 10.1. The van der Waals surface area contributed by atoms with Crippen LogP contribution in [0.15, 0.2) is 71.2 Å². The first-order valence-electron chi connectivity index (χ1n) is 10.2. The molecule has 0 amide bonds. The van der Waals surface area contributed by atoms with Gasteiger partial charge in [0.25, 0.3) is 0 Å². The SMILES string of the molecule is Cc1ccc(-c2cc(C(F)(F)F)ccc2OCc2ccc(Br)cc2F)n1-c1cccc(C(=O)O)n1. The van der Waals surface area contributed by atoms with Gasteiger partial charge in [-0.25, -0.2) is 14.2 Å². The number of hydrogen-bond donors (Lipinski definition) is 1. The second-order valence-corrected chi connectivity index (χ2v) is 8.53. The van der Waals surface area contributed by atoms with Crippen molar-refractivity contribution < 1.29 is 32.2 Å². The van der Waals surface area contributed by atoms with Gasteiger partial charge < -0.3 is 9.84 Å². The maximum atomic E-state index is 14.3. The van der Waals surface area contributed by atoms with E-state index in [1.165, 1.54) is 34.9 Å². The first-order valence-corrected chi connectivity index (χ1v) is 11.0. The van der Waals surface area contributed by atoms with Crippen LogP contribution in [-0.4, -0.2) is 20.6 Å². The Labute approximate surface area is 205 Å². The molecule has 4 rings (SSSR count). The normalized spacial score (nSPS) is 11.5. The van der Waals surface area contributed by atoms with E-state index in [2.05, 4.69) is 20.9 Å². The molecule has 0 unspecified atom stereocenters. The van der Waals surface area contributed by atoms with Crippen LogP contribution >= 0.6 is 15.9 Å². The average molecular weight is 549 g/mol. The fraction of sp³-hybridized carbons (Fsp3) is 0.120. The summed E-state index contributed by atoms with van der Waals surface area (Å²) in [7, 11) is 0. The monoisotopic (exact) mass is 548 g/mol. The zero-order valence-electron chi connectivity index (χ0n) is 18.1. The minimum absolute atomic E-state index is 0.0907. The lowest BCUT2D eigenvalue weighted by Gasteiger charge is -2.17. The summed E-state index contributed by atoms with van der Waals surface area (Å²) < 4.78 is 62.8. The highest BCUT2D eigenvalue weighted by Crippen LogP contribution is 2.39. The maximum Gasteiger partial charge on any atom is 0.416 e. The summed E-state index contributed by atoms with van der Waals surface area (Å²) in [5.41, 5.74) is 0.113. The van der Waals surface area contributed by atoms with Gasteiger partial charge in [-0.05, 0) is 61.5 Å². The predicted molar refractivity (Wildman–Crippen MR) is 124 cm³/mol. The van der Waals surface area contributed by atoms with E-state index in [1.54, 1.807) is 31.2 Å². The largest absolute Gasteiger partial charge is 0.488 e. The number of benzene rings is 2. The molecule has 0 saturated carbocycles. The highest BCUT2D eigenvalue weighted by Gasteiger charge is 2.32. The van der Waals surface area contributed by atoms with Crippen molar-refractivity contribution in [3.63, 3.8) is 0 Å². The molecule has 0 saturated heterocycles. The number of nitrogens with zero attached hydrogens (tertiary/aromatic N) is 2. The zero-order chi connectivity index (χ0) is 25.3. The topological polar surface area (TPSA) is 64.3 Å². The molecule has 0 radical (unpaired) electrons. The summed E-state index contributed by atoms with van der Waals surface area (Å²) in [6.45, 7) is 1.49. The second kappa shape index (κ2) is 9.53. The number of carboxylic acids is 1. The number of alkyl halides is 3. The molecular weight excluding hydrogens is 532 g/mol. The molecule has 180 valence electrons. The Balaban J connectivity index is 1.83. The van der Waals surface area contributed by atoms with Crippen LogP contribution in [-0.2, 0) is 12.8 Å². The summed E-state index contributed by atoms with van der Waals surface area (Å²) in [4.78, 5) is 15.5. The van der Waals surface area contributed by atoms with Crippen molar-refractivity contribution in [2.24, 2.45) is 0 Å². The second-order valence-electron chi connectivity index (χ2n) is 7.61. The molecule has 10 heteroatoms. The lowest BCUT2D eigenvalue weighted by Crippen LogP contribution is -2.09. The van der Waals surface area contributed by atoms with Crippen molar-refractivity contribution in [1.29, 1.82) is 0 Å². The van der Waals surface area contributed by atoms with E-state index in [4.69, 9.17) is 4.74 Å². The van der Waals surface area contributed by atoms with Gasteiger partial charge in [-0.3, -0.25) is 4.57 Å². The number of carbonyl (C=O) groups is 1. The zero-order valence-corrected chi connectivity index (χ0v) is 19.7. The highest BCUT2D eigenvalue weighted by atomic mass is 79.9. The van der Waals surface area contributed by atoms with Gasteiger partial charge in [0.2, 0.25) is 0 Å². The van der Waals surface area contributed by atoms with Gasteiger partial charge in [-0.15, -0.1) is 0 Å². The van der Waals surface area contributed by atoms with E-state index in [-0.39, 0.29) is 35.0 Å². The summed E-state index contributed by atoms with van der Waals surface area (Å²) in [5, 5.41) is 9.30. The van der Waals surface area contributed by atoms with Gasteiger partial charge in [-0.1, -0.05) is 28.1 Å².